The van der Waals surface area contributed by atoms with Gasteiger partial charge in [0, 0.05) is 43.3 Å². The van der Waals surface area contributed by atoms with Crippen molar-refractivity contribution in [1.29, 1.82) is 0 Å². The first-order valence-electron chi connectivity index (χ1n) is 11.4. The van der Waals surface area contributed by atoms with Crippen molar-refractivity contribution in [3.05, 3.63) is 60.7 Å². The Morgan fingerprint density at radius 2 is 1.63 bits per heavy atom. The van der Waals surface area contributed by atoms with Crippen LogP contribution >= 0.6 is 0 Å². The van der Waals surface area contributed by atoms with Crippen LogP contribution in [0.3, 0.4) is 0 Å². The normalized spacial score (nSPS) is 14.7. The Labute approximate surface area is 205 Å². The number of hydrogen-bond donors (Lipinski definition) is 1. The van der Waals surface area contributed by atoms with E-state index in [1.54, 1.807) is 33.1 Å². The summed E-state index contributed by atoms with van der Waals surface area (Å²) in [5.74, 6) is 1.15. The monoisotopic (exact) mass is 495 g/mol. The summed E-state index contributed by atoms with van der Waals surface area (Å²) in [5, 5.41) is 11.5. The zero-order valence-corrected chi connectivity index (χ0v) is 20.8. The second-order valence-electron chi connectivity index (χ2n) is 8.54. The van der Waals surface area contributed by atoms with Crippen molar-refractivity contribution in [3.63, 3.8) is 0 Å². The number of anilines is 2. The first kappa shape index (κ1) is 24.6. The van der Waals surface area contributed by atoms with Crippen LogP contribution in [0.2, 0.25) is 0 Å². The number of hydrogen-bond acceptors (Lipinski definition) is 7. The van der Waals surface area contributed by atoms with Crippen molar-refractivity contribution in [2.24, 2.45) is 5.92 Å². The third-order valence-corrected chi connectivity index (χ3v) is 7.79. The van der Waals surface area contributed by atoms with Gasteiger partial charge in [0.1, 0.15) is 5.75 Å². The number of sulfonamides is 1. The zero-order chi connectivity index (χ0) is 25.0. The van der Waals surface area contributed by atoms with Gasteiger partial charge in [-0.3, -0.25) is 4.79 Å². The average molecular weight is 496 g/mol. The Kier molecular flexibility index (Phi) is 7.32. The van der Waals surface area contributed by atoms with E-state index < -0.39 is 10.0 Å². The number of aromatic nitrogens is 2. The molecule has 0 aliphatic carbocycles. The van der Waals surface area contributed by atoms with Gasteiger partial charge in [-0.15, -0.1) is 10.2 Å². The van der Waals surface area contributed by atoms with Crippen molar-refractivity contribution < 1.29 is 17.9 Å². The molecule has 1 amide bonds. The SMILES string of the molecule is COc1ccccc1-c1ccc(N2CCN(S(=O)(=O)c3ccc(NC(=O)C(C)C)cc3)CC2)nn1. The topological polar surface area (TPSA) is 105 Å². The molecule has 1 aliphatic heterocycles. The van der Waals surface area contributed by atoms with Crippen LogP contribution in [0.1, 0.15) is 13.8 Å². The van der Waals surface area contributed by atoms with Crippen molar-refractivity contribution in [3.8, 4) is 17.0 Å². The number of nitrogens with one attached hydrogen (secondary N) is 1. The molecule has 1 N–H and O–H groups in total. The molecular formula is C25H29N5O4S. The Morgan fingerprint density at radius 1 is 0.943 bits per heavy atom. The Morgan fingerprint density at radius 3 is 2.23 bits per heavy atom. The number of carbonyl (C=O) groups excluding carboxylic acids is 1. The predicted octanol–water partition coefficient (Wildman–Crippen LogP) is 3.26. The van der Waals surface area contributed by atoms with Crippen LogP contribution < -0.4 is 15.0 Å². The smallest absolute Gasteiger partial charge is 0.243 e. The lowest BCUT2D eigenvalue weighted by Crippen LogP contribution is -2.49. The fraction of sp³-hybridized carbons (Fsp3) is 0.320. The molecule has 1 aliphatic rings. The quantitative estimate of drug-likeness (QED) is 0.536. The molecule has 9 nitrogen and oxygen atoms in total. The van der Waals surface area contributed by atoms with E-state index in [9.17, 15) is 13.2 Å². The molecule has 1 saturated heterocycles. The number of rotatable bonds is 7. The molecule has 3 aromatic rings. The molecular weight excluding hydrogens is 466 g/mol. The van der Waals surface area contributed by atoms with Crippen LogP contribution in [0.25, 0.3) is 11.3 Å². The van der Waals surface area contributed by atoms with E-state index >= 15 is 0 Å². The molecule has 1 aromatic heterocycles. The van der Waals surface area contributed by atoms with E-state index in [4.69, 9.17) is 4.74 Å². The highest BCUT2D eigenvalue weighted by Crippen LogP contribution is 2.28. The van der Waals surface area contributed by atoms with E-state index in [1.165, 1.54) is 16.4 Å². The van der Waals surface area contributed by atoms with Gasteiger partial charge in [0.15, 0.2) is 5.82 Å². The maximum atomic E-state index is 13.1. The number of piperazine rings is 1. The van der Waals surface area contributed by atoms with Gasteiger partial charge in [-0.25, -0.2) is 8.42 Å². The van der Waals surface area contributed by atoms with Crippen LogP contribution in [0.15, 0.2) is 65.6 Å². The van der Waals surface area contributed by atoms with Gasteiger partial charge in [0.2, 0.25) is 15.9 Å². The van der Waals surface area contributed by atoms with Gasteiger partial charge in [0.05, 0.1) is 17.7 Å². The molecule has 4 rings (SSSR count). The number of amides is 1. The summed E-state index contributed by atoms with van der Waals surface area (Å²) >= 11 is 0. The van der Waals surface area contributed by atoms with Gasteiger partial charge in [-0.1, -0.05) is 26.0 Å². The van der Waals surface area contributed by atoms with Gasteiger partial charge in [0.25, 0.3) is 0 Å². The van der Waals surface area contributed by atoms with Crippen LogP contribution in [-0.4, -0.2) is 62.1 Å². The molecule has 0 bridgehead atoms. The Bertz CT molecular complexity index is 1270. The molecule has 2 heterocycles. The summed E-state index contributed by atoms with van der Waals surface area (Å²) in [5.41, 5.74) is 2.14. The van der Waals surface area contributed by atoms with Crippen molar-refractivity contribution in [2.45, 2.75) is 18.7 Å². The summed E-state index contributed by atoms with van der Waals surface area (Å²) in [6.07, 6.45) is 0. The lowest BCUT2D eigenvalue weighted by atomic mass is 10.1. The highest BCUT2D eigenvalue weighted by atomic mass is 32.2. The second-order valence-corrected chi connectivity index (χ2v) is 10.5. The number of para-hydroxylation sites is 1. The van der Waals surface area contributed by atoms with Gasteiger partial charge < -0.3 is 15.0 Å². The Hall–Kier alpha value is -3.50. The second kappa shape index (κ2) is 10.4. The maximum absolute atomic E-state index is 13.1. The van der Waals surface area contributed by atoms with Gasteiger partial charge in [-0.05, 0) is 48.5 Å². The number of ether oxygens (including phenoxy) is 1. The molecule has 0 atom stereocenters. The largest absolute Gasteiger partial charge is 0.496 e. The molecule has 184 valence electrons. The Balaban J connectivity index is 1.39. The molecule has 0 saturated carbocycles. The molecule has 35 heavy (non-hydrogen) atoms. The van der Waals surface area contributed by atoms with Crippen molar-refractivity contribution in [1.82, 2.24) is 14.5 Å². The first-order valence-corrected chi connectivity index (χ1v) is 12.9. The summed E-state index contributed by atoms with van der Waals surface area (Å²) in [6, 6.07) is 17.7. The number of carbonyl (C=O) groups is 1. The minimum Gasteiger partial charge on any atom is -0.496 e. The first-order chi connectivity index (χ1) is 16.8. The fourth-order valence-electron chi connectivity index (χ4n) is 3.80. The minimum atomic E-state index is -3.64. The van der Waals surface area contributed by atoms with Crippen LogP contribution in [-0.2, 0) is 14.8 Å². The van der Waals surface area contributed by atoms with Crippen molar-refractivity contribution >= 4 is 27.4 Å². The average Bonchev–Trinajstić information content (AvgIpc) is 2.89. The number of methoxy groups -OCH3 is 1. The lowest BCUT2D eigenvalue weighted by molar-refractivity contribution is -0.118. The molecule has 1 fully saturated rings. The van der Waals surface area contributed by atoms with Crippen LogP contribution in [0.5, 0.6) is 5.75 Å². The number of benzene rings is 2. The van der Waals surface area contributed by atoms with E-state index in [-0.39, 0.29) is 16.7 Å². The van der Waals surface area contributed by atoms with Gasteiger partial charge in [-0.2, -0.15) is 4.31 Å². The van der Waals surface area contributed by atoms with E-state index in [0.29, 0.717) is 43.4 Å². The van der Waals surface area contributed by atoms with E-state index in [0.717, 1.165) is 11.3 Å². The number of nitrogens with zero attached hydrogens (tertiary/aromatic N) is 4. The molecule has 0 radical (unpaired) electrons. The van der Waals surface area contributed by atoms with E-state index in [2.05, 4.69) is 15.5 Å². The molecule has 10 heteroatoms. The summed E-state index contributed by atoms with van der Waals surface area (Å²) < 4.78 is 33.1. The highest BCUT2D eigenvalue weighted by Gasteiger charge is 2.29. The fourth-order valence-corrected chi connectivity index (χ4v) is 5.22. The third kappa shape index (κ3) is 5.44. The van der Waals surface area contributed by atoms with E-state index in [1.807, 2.05) is 41.3 Å². The predicted molar refractivity (Wildman–Crippen MR) is 135 cm³/mol. The summed E-state index contributed by atoms with van der Waals surface area (Å²) in [7, 11) is -2.02. The van der Waals surface area contributed by atoms with Crippen LogP contribution in [0, 0.1) is 5.92 Å². The maximum Gasteiger partial charge on any atom is 0.243 e. The lowest BCUT2D eigenvalue weighted by Gasteiger charge is -2.34. The third-order valence-electron chi connectivity index (χ3n) is 5.88. The van der Waals surface area contributed by atoms with Crippen molar-refractivity contribution in [2.75, 3.05) is 43.5 Å². The highest BCUT2D eigenvalue weighted by molar-refractivity contribution is 7.89. The zero-order valence-electron chi connectivity index (χ0n) is 20.0. The standard InChI is InChI=1S/C25H29N5O4S/c1-18(2)25(31)26-19-8-10-20(11-9-19)35(32,33)30-16-14-29(15-17-30)24-13-12-22(27-28-24)21-6-4-5-7-23(21)34-3/h4-13,18H,14-17H2,1-3H3,(H,26,31). The van der Waals surface area contributed by atoms with Gasteiger partial charge >= 0.3 is 0 Å². The molecule has 0 spiro atoms. The summed E-state index contributed by atoms with van der Waals surface area (Å²) in [6.45, 7) is 5.28. The minimum absolute atomic E-state index is 0.115. The van der Waals surface area contributed by atoms with Crippen LogP contribution in [0.4, 0.5) is 11.5 Å². The molecule has 2 aromatic carbocycles. The molecule has 0 unspecified atom stereocenters. The summed E-state index contributed by atoms with van der Waals surface area (Å²) in [4.78, 5) is 14.1.